The van der Waals surface area contributed by atoms with Gasteiger partial charge in [0.25, 0.3) is 11.8 Å². The van der Waals surface area contributed by atoms with Crippen molar-refractivity contribution < 1.29 is 19.8 Å². The van der Waals surface area contributed by atoms with Gasteiger partial charge in [0, 0.05) is 0 Å². The fourth-order valence-corrected chi connectivity index (χ4v) is 1.28. The summed E-state index contributed by atoms with van der Waals surface area (Å²) < 4.78 is 0. The Bertz CT molecular complexity index is 719. The number of aromatic nitrogens is 1. The second-order valence-electron chi connectivity index (χ2n) is 4.32. The summed E-state index contributed by atoms with van der Waals surface area (Å²) in [6, 6.07) is 4.76. The molecule has 0 saturated heterocycles. The second kappa shape index (κ2) is 8.12. The van der Waals surface area contributed by atoms with Gasteiger partial charge in [-0.3, -0.25) is 9.59 Å². The third-order valence-electron chi connectivity index (χ3n) is 2.49. The van der Waals surface area contributed by atoms with Crippen LogP contribution in [-0.4, -0.2) is 40.0 Å². The largest absolute Gasteiger partial charge is 0.854 e. The van der Waals surface area contributed by atoms with Gasteiger partial charge < -0.3 is 21.7 Å². The standard InChI is InChI=1S/C13H15N7O4/c1-6(17-19-12(23)10(14)21)8-4-3-5-9(16-8)7(2)18-20-13(24)11(15)22/h3-5H,1-2H3,(H2,14,21)(H2,15,22)(H,19,23)(H,20,24)/p-2/b17-6-,18-7-. The van der Waals surface area contributed by atoms with Crippen LogP contribution in [0, 0.1) is 0 Å². The topological polar surface area (TPSA) is 195 Å². The summed E-state index contributed by atoms with van der Waals surface area (Å²) in [5.74, 6) is -4.83. The van der Waals surface area contributed by atoms with Crippen LogP contribution in [0.1, 0.15) is 25.2 Å². The zero-order valence-electron chi connectivity index (χ0n) is 12.8. The van der Waals surface area contributed by atoms with Crippen LogP contribution in [0.4, 0.5) is 0 Å². The number of amides is 2. The van der Waals surface area contributed by atoms with Crippen LogP contribution in [0.25, 0.3) is 0 Å². The van der Waals surface area contributed by atoms with E-state index in [9.17, 15) is 19.8 Å². The summed E-state index contributed by atoms with van der Waals surface area (Å²) in [5.41, 5.74) is 10.7. The smallest absolute Gasteiger partial charge is 0.254 e. The fourth-order valence-electron chi connectivity index (χ4n) is 1.28. The fraction of sp³-hybridized carbons (Fsp3) is 0.154. The second-order valence-corrected chi connectivity index (χ2v) is 4.32. The zero-order chi connectivity index (χ0) is 18.3. The van der Waals surface area contributed by atoms with E-state index in [0.29, 0.717) is 11.4 Å². The van der Waals surface area contributed by atoms with Crippen molar-refractivity contribution in [2.45, 2.75) is 13.8 Å². The predicted molar refractivity (Wildman–Crippen MR) is 81.9 cm³/mol. The Hall–Kier alpha value is -3.63. The molecule has 0 saturated carbocycles. The predicted octanol–water partition coefficient (Wildman–Crippen LogP) is -2.98. The number of rotatable bonds is 4. The molecule has 1 aromatic rings. The molecule has 0 atom stereocenters. The summed E-state index contributed by atoms with van der Waals surface area (Å²) in [6.07, 6.45) is 0. The van der Waals surface area contributed by atoms with Gasteiger partial charge in [0.2, 0.25) is 0 Å². The number of nitrogens with zero attached hydrogens (tertiary/aromatic N) is 5. The molecule has 0 aromatic carbocycles. The van der Waals surface area contributed by atoms with Crippen molar-refractivity contribution in [1.29, 1.82) is 0 Å². The summed E-state index contributed by atoms with van der Waals surface area (Å²) in [7, 11) is 0. The normalized spacial score (nSPS) is 13.8. The molecule has 0 unspecified atom stereocenters. The SMILES string of the molecule is C/C(=N/N=C([O-])C(N)=O)c1cccc(/C(C)=N\N=C([O-])C(N)=O)n1. The quantitative estimate of drug-likeness (QED) is 0.336. The first-order valence-corrected chi connectivity index (χ1v) is 6.38. The monoisotopic (exact) mass is 331 g/mol. The van der Waals surface area contributed by atoms with Crippen LogP contribution in [0.15, 0.2) is 38.6 Å². The van der Waals surface area contributed by atoms with Gasteiger partial charge in [0.05, 0.1) is 34.6 Å². The highest BCUT2D eigenvalue weighted by molar-refractivity contribution is 6.32. The molecule has 1 aromatic heterocycles. The molecular weight excluding hydrogens is 318 g/mol. The first kappa shape index (κ1) is 18.4. The van der Waals surface area contributed by atoms with E-state index in [1.807, 2.05) is 0 Å². The minimum absolute atomic E-state index is 0.240. The highest BCUT2D eigenvalue weighted by Gasteiger charge is 2.04. The van der Waals surface area contributed by atoms with Crippen molar-refractivity contribution >= 4 is 35.0 Å². The van der Waals surface area contributed by atoms with E-state index in [0.717, 1.165) is 0 Å². The van der Waals surface area contributed by atoms with Crippen LogP contribution in [0.3, 0.4) is 0 Å². The zero-order valence-corrected chi connectivity index (χ0v) is 12.8. The molecular formula is C13H13N7O4-2. The molecule has 0 fully saturated rings. The molecule has 126 valence electrons. The molecule has 2 amide bonds. The number of hydrogen-bond acceptors (Lipinski definition) is 9. The average molecular weight is 331 g/mol. The Labute approximate surface area is 136 Å². The van der Waals surface area contributed by atoms with Crippen molar-refractivity contribution in [3.05, 3.63) is 29.6 Å². The molecule has 0 aliphatic carbocycles. The van der Waals surface area contributed by atoms with E-state index in [1.165, 1.54) is 13.8 Å². The van der Waals surface area contributed by atoms with Crippen LogP contribution >= 0.6 is 0 Å². The third kappa shape index (κ3) is 5.29. The maximum absolute atomic E-state index is 11.0. The van der Waals surface area contributed by atoms with Crippen molar-refractivity contribution in [3.63, 3.8) is 0 Å². The summed E-state index contributed by atoms with van der Waals surface area (Å²) in [6.45, 7) is 3.02. The molecule has 11 nitrogen and oxygen atoms in total. The number of primary amides is 2. The Morgan fingerprint density at radius 3 is 1.58 bits per heavy atom. The van der Waals surface area contributed by atoms with Gasteiger partial charge in [-0.25, -0.2) is 4.98 Å². The van der Waals surface area contributed by atoms with Gasteiger partial charge in [0.15, 0.2) is 0 Å². The van der Waals surface area contributed by atoms with E-state index < -0.39 is 23.6 Å². The molecule has 0 aliphatic rings. The highest BCUT2D eigenvalue weighted by atomic mass is 16.3. The van der Waals surface area contributed by atoms with E-state index in [-0.39, 0.29) is 11.4 Å². The van der Waals surface area contributed by atoms with Crippen molar-refractivity contribution in [3.8, 4) is 0 Å². The molecule has 0 radical (unpaired) electrons. The lowest BCUT2D eigenvalue weighted by atomic mass is 10.2. The first-order chi connectivity index (χ1) is 11.2. The summed E-state index contributed by atoms with van der Waals surface area (Å²) in [5, 5.41) is 35.4. The van der Waals surface area contributed by atoms with E-state index >= 15 is 0 Å². The summed E-state index contributed by atoms with van der Waals surface area (Å²) in [4.78, 5) is 25.3. The number of pyridine rings is 1. The molecule has 1 heterocycles. The van der Waals surface area contributed by atoms with Gasteiger partial charge in [-0.15, -0.1) is 0 Å². The Morgan fingerprint density at radius 2 is 1.25 bits per heavy atom. The van der Waals surface area contributed by atoms with E-state index in [4.69, 9.17) is 11.5 Å². The Balaban J connectivity index is 3.10. The van der Waals surface area contributed by atoms with Gasteiger partial charge in [0.1, 0.15) is 0 Å². The number of carbonyl (C=O) groups excluding carboxylic acids is 2. The van der Waals surface area contributed by atoms with Gasteiger partial charge in [-0.2, -0.15) is 20.4 Å². The Kier molecular flexibility index (Phi) is 6.23. The minimum atomic E-state index is -1.23. The van der Waals surface area contributed by atoms with Crippen molar-refractivity contribution in [2.75, 3.05) is 0 Å². The molecule has 0 bridgehead atoms. The van der Waals surface area contributed by atoms with Crippen LogP contribution < -0.4 is 21.7 Å². The number of hydrogen-bond donors (Lipinski definition) is 2. The highest BCUT2D eigenvalue weighted by Crippen LogP contribution is 2.04. The van der Waals surface area contributed by atoms with Gasteiger partial charge in [-0.1, -0.05) is 6.07 Å². The Morgan fingerprint density at radius 1 is 0.875 bits per heavy atom. The van der Waals surface area contributed by atoms with E-state index in [2.05, 4.69) is 25.4 Å². The maximum atomic E-state index is 11.0. The molecule has 0 spiro atoms. The third-order valence-corrected chi connectivity index (χ3v) is 2.49. The average Bonchev–Trinajstić information content (AvgIpc) is 2.56. The number of carbonyl (C=O) groups is 2. The van der Waals surface area contributed by atoms with Crippen LogP contribution in [0.5, 0.6) is 0 Å². The van der Waals surface area contributed by atoms with Crippen molar-refractivity contribution in [2.24, 2.45) is 31.9 Å². The van der Waals surface area contributed by atoms with Gasteiger partial charge in [-0.05, 0) is 26.0 Å². The molecule has 0 aliphatic heterocycles. The first-order valence-electron chi connectivity index (χ1n) is 6.38. The summed E-state index contributed by atoms with van der Waals surface area (Å²) >= 11 is 0. The lowest BCUT2D eigenvalue weighted by Crippen LogP contribution is -2.33. The molecule has 4 N–H and O–H groups in total. The number of nitrogens with two attached hydrogens (primary N) is 2. The van der Waals surface area contributed by atoms with Gasteiger partial charge >= 0.3 is 0 Å². The lowest BCUT2D eigenvalue weighted by Gasteiger charge is -2.05. The van der Waals surface area contributed by atoms with Crippen LogP contribution in [0.2, 0.25) is 0 Å². The molecule has 24 heavy (non-hydrogen) atoms. The molecule has 11 heteroatoms. The molecule has 1 rings (SSSR count). The van der Waals surface area contributed by atoms with E-state index in [1.54, 1.807) is 18.2 Å². The maximum Gasteiger partial charge on any atom is 0.254 e. The lowest BCUT2D eigenvalue weighted by molar-refractivity contribution is -0.218. The minimum Gasteiger partial charge on any atom is -0.854 e. The van der Waals surface area contributed by atoms with Crippen molar-refractivity contribution in [1.82, 2.24) is 4.98 Å². The van der Waals surface area contributed by atoms with Crippen LogP contribution in [-0.2, 0) is 9.59 Å².